The number of ketones is 1. The lowest BCUT2D eigenvalue weighted by molar-refractivity contribution is 0.102. The van der Waals surface area contributed by atoms with Crippen molar-refractivity contribution in [3.8, 4) is 5.75 Å². The van der Waals surface area contributed by atoms with Crippen LogP contribution in [0.1, 0.15) is 40.4 Å². The molecular formula is C20H20O2. The minimum absolute atomic E-state index is 0.142. The maximum atomic E-state index is 12.6. The number of hydrogen-bond donors (Lipinski definition) is 0. The van der Waals surface area contributed by atoms with Crippen molar-refractivity contribution in [1.82, 2.24) is 0 Å². The monoisotopic (exact) mass is 292 g/mol. The number of hydrogen-bond acceptors (Lipinski definition) is 2. The van der Waals surface area contributed by atoms with Crippen molar-refractivity contribution in [2.45, 2.75) is 26.2 Å². The molecule has 112 valence electrons. The van der Waals surface area contributed by atoms with E-state index in [2.05, 4.69) is 31.2 Å². The number of aryl methyl sites for hydroxylation is 2. The Bertz CT molecular complexity index is 724. The number of fused-ring (bicyclic) bond motifs is 1. The smallest absolute Gasteiger partial charge is 0.189 e. The predicted molar refractivity (Wildman–Crippen MR) is 89.4 cm³/mol. The molecule has 0 aliphatic heterocycles. The van der Waals surface area contributed by atoms with Gasteiger partial charge in [-0.15, -0.1) is 0 Å². The van der Waals surface area contributed by atoms with Gasteiger partial charge in [-0.2, -0.15) is 0 Å². The fourth-order valence-corrected chi connectivity index (χ4v) is 2.87. The SMILES string of the molecule is CCc1ccc(/C=C2/CCc3cc(OC)ccc3C2=O)cc1. The highest BCUT2D eigenvalue weighted by Crippen LogP contribution is 2.29. The summed E-state index contributed by atoms with van der Waals surface area (Å²) in [4.78, 5) is 12.6. The summed E-state index contributed by atoms with van der Waals surface area (Å²) in [5.41, 5.74) is 5.19. The molecule has 0 heterocycles. The molecule has 3 rings (SSSR count). The van der Waals surface area contributed by atoms with Crippen molar-refractivity contribution < 1.29 is 9.53 Å². The topological polar surface area (TPSA) is 26.3 Å². The molecule has 0 N–H and O–H groups in total. The highest BCUT2D eigenvalue weighted by Gasteiger charge is 2.22. The molecule has 0 aromatic heterocycles. The lowest BCUT2D eigenvalue weighted by atomic mass is 9.86. The molecule has 1 aliphatic carbocycles. The Morgan fingerprint density at radius 3 is 2.55 bits per heavy atom. The Labute approximate surface area is 131 Å². The number of carbonyl (C=O) groups excluding carboxylic acids is 1. The summed E-state index contributed by atoms with van der Waals surface area (Å²) in [5.74, 6) is 0.956. The molecule has 22 heavy (non-hydrogen) atoms. The number of benzene rings is 2. The van der Waals surface area contributed by atoms with Crippen LogP contribution in [0.3, 0.4) is 0 Å². The number of Topliss-reactive ketones (excluding diaryl/α,β-unsaturated/α-hetero) is 1. The van der Waals surface area contributed by atoms with E-state index in [4.69, 9.17) is 4.74 Å². The van der Waals surface area contributed by atoms with E-state index in [1.807, 2.05) is 24.3 Å². The van der Waals surface area contributed by atoms with Crippen LogP contribution in [0.15, 0.2) is 48.0 Å². The number of methoxy groups -OCH3 is 1. The minimum atomic E-state index is 0.142. The molecule has 0 saturated carbocycles. The van der Waals surface area contributed by atoms with Crippen LogP contribution in [0.4, 0.5) is 0 Å². The van der Waals surface area contributed by atoms with Gasteiger partial charge in [0.2, 0.25) is 0 Å². The third kappa shape index (κ3) is 2.82. The Balaban J connectivity index is 1.89. The zero-order valence-electron chi connectivity index (χ0n) is 13.1. The van der Waals surface area contributed by atoms with Crippen molar-refractivity contribution in [1.29, 1.82) is 0 Å². The van der Waals surface area contributed by atoms with Gasteiger partial charge in [-0.05, 0) is 60.2 Å². The van der Waals surface area contributed by atoms with E-state index in [1.54, 1.807) is 7.11 Å². The molecule has 2 aromatic rings. The van der Waals surface area contributed by atoms with Gasteiger partial charge in [0.15, 0.2) is 5.78 Å². The fourth-order valence-electron chi connectivity index (χ4n) is 2.87. The summed E-state index contributed by atoms with van der Waals surface area (Å²) in [5, 5.41) is 0. The molecule has 0 unspecified atom stereocenters. The van der Waals surface area contributed by atoms with Crippen molar-refractivity contribution in [2.24, 2.45) is 0 Å². The first-order chi connectivity index (χ1) is 10.7. The lowest BCUT2D eigenvalue weighted by Crippen LogP contribution is -2.14. The fraction of sp³-hybridized carbons (Fsp3) is 0.250. The lowest BCUT2D eigenvalue weighted by Gasteiger charge is -2.18. The highest BCUT2D eigenvalue weighted by molar-refractivity contribution is 6.13. The average molecular weight is 292 g/mol. The maximum absolute atomic E-state index is 12.6. The largest absolute Gasteiger partial charge is 0.497 e. The maximum Gasteiger partial charge on any atom is 0.189 e. The summed E-state index contributed by atoms with van der Waals surface area (Å²) >= 11 is 0. The van der Waals surface area contributed by atoms with E-state index in [0.717, 1.165) is 47.3 Å². The van der Waals surface area contributed by atoms with Crippen LogP contribution >= 0.6 is 0 Å². The van der Waals surface area contributed by atoms with Gasteiger partial charge in [0.1, 0.15) is 5.75 Å². The van der Waals surface area contributed by atoms with E-state index in [-0.39, 0.29) is 5.78 Å². The number of rotatable bonds is 3. The molecule has 0 saturated heterocycles. The van der Waals surface area contributed by atoms with E-state index < -0.39 is 0 Å². The van der Waals surface area contributed by atoms with Gasteiger partial charge in [0.25, 0.3) is 0 Å². The van der Waals surface area contributed by atoms with Crippen LogP contribution in [0.25, 0.3) is 6.08 Å². The van der Waals surface area contributed by atoms with E-state index in [0.29, 0.717) is 0 Å². The van der Waals surface area contributed by atoms with Crippen LogP contribution in [-0.4, -0.2) is 12.9 Å². The second-order valence-corrected chi connectivity index (χ2v) is 5.62. The van der Waals surface area contributed by atoms with Gasteiger partial charge in [0, 0.05) is 11.1 Å². The van der Waals surface area contributed by atoms with Gasteiger partial charge in [-0.3, -0.25) is 4.79 Å². The highest BCUT2D eigenvalue weighted by atomic mass is 16.5. The average Bonchev–Trinajstić information content (AvgIpc) is 2.57. The molecule has 2 nitrogen and oxygen atoms in total. The molecule has 1 aliphatic rings. The summed E-state index contributed by atoms with van der Waals surface area (Å²) in [6.07, 6.45) is 4.73. The Morgan fingerprint density at radius 2 is 1.86 bits per heavy atom. The quantitative estimate of drug-likeness (QED) is 0.780. The van der Waals surface area contributed by atoms with Crippen LogP contribution in [0, 0.1) is 0 Å². The van der Waals surface area contributed by atoms with Crippen molar-refractivity contribution in [3.63, 3.8) is 0 Å². The first-order valence-corrected chi connectivity index (χ1v) is 7.72. The molecule has 0 amide bonds. The summed E-state index contributed by atoms with van der Waals surface area (Å²) in [6.45, 7) is 2.14. The van der Waals surface area contributed by atoms with Crippen LogP contribution in [0.2, 0.25) is 0 Å². The Morgan fingerprint density at radius 1 is 1.09 bits per heavy atom. The molecule has 0 spiro atoms. The number of ether oxygens (including phenoxy) is 1. The zero-order chi connectivity index (χ0) is 15.5. The normalized spacial score (nSPS) is 15.7. The summed E-state index contributed by atoms with van der Waals surface area (Å²) in [7, 11) is 1.65. The zero-order valence-corrected chi connectivity index (χ0v) is 13.1. The first-order valence-electron chi connectivity index (χ1n) is 7.72. The van der Waals surface area contributed by atoms with E-state index in [9.17, 15) is 4.79 Å². The van der Waals surface area contributed by atoms with Crippen LogP contribution < -0.4 is 4.74 Å². The molecule has 0 atom stereocenters. The third-order valence-corrected chi connectivity index (χ3v) is 4.24. The minimum Gasteiger partial charge on any atom is -0.497 e. The molecule has 0 fully saturated rings. The van der Waals surface area contributed by atoms with Gasteiger partial charge < -0.3 is 4.74 Å². The first kappa shape index (κ1) is 14.6. The van der Waals surface area contributed by atoms with Gasteiger partial charge in [-0.25, -0.2) is 0 Å². The van der Waals surface area contributed by atoms with Crippen molar-refractivity contribution >= 4 is 11.9 Å². The molecule has 2 heteroatoms. The van der Waals surface area contributed by atoms with E-state index in [1.165, 1.54) is 5.56 Å². The van der Waals surface area contributed by atoms with Gasteiger partial charge >= 0.3 is 0 Å². The molecule has 0 radical (unpaired) electrons. The van der Waals surface area contributed by atoms with Crippen molar-refractivity contribution in [2.75, 3.05) is 7.11 Å². The van der Waals surface area contributed by atoms with E-state index >= 15 is 0 Å². The standard InChI is InChI=1S/C20H20O2/c1-3-14-4-6-15(7-5-14)12-17-9-8-16-13-18(22-2)10-11-19(16)20(17)21/h4-7,10-13H,3,8-9H2,1-2H3/b17-12-. The Kier molecular flexibility index (Phi) is 4.10. The number of allylic oxidation sites excluding steroid dienone is 1. The summed E-state index contributed by atoms with van der Waals surface area (Å²) < 4.78 is 5.23. The molecular weight excluding hydrogens is 272 g/mol. The second kappa shape index (κ2) is 6.18. The summed E-state index contributed by atoms with van der Waals surface area (Å²) in [6, 6.07) is 14.1. The van der Waals surface area contributed by atoms with Gasteiger partial charge in [0.05, 0.1) is 7.11 Å². The molecule has 2 aromatic carbocycles. The second-order valence-electron chi connectivity index (χ2n) is 5.62. The third-order valence-electron chi connectivity index (χ3n) is 4.24. The molecule has 0 bridgehead atoms. The Hall–Kier alpha value is -2.35. The van der Waals surface area contributed by atoms with Crippen LogP contribution in [0.5, 0.6) is 5.75 Å². The van der Waals surface area contributed by atoms with Gasteiger partial charge in [-0.1, -0.05) is 31.2 Å². The predicted octanol–water partition coefficient (Wildman–Crippen LogP) is 4.47. The van der Waals surface area contributed by atoms with Crippen molar-refractivity contribution in [3.05, 3.63) is 70.3 Å². The number of carbonyl (C=O) groups is 1. The van der Waals surface area contributed by atoms with Crippen LogP contribution in [-0.2, 0) is 12.8 Å².